The van der Waals surface area contributed by atoms with Crippen LogP contribution in [0.25, 0.3) is 0 Å². The van der Waals surface area contributed by atoms with Crippen LogP contribution in [-0.4, -0.2) is 0 Å². The first-order chi connectivity index (χ1) is 8.50. The van der Waals surface area contributed by atoms with E-state index < -0.39 is 11.6 Å². The SMILES string of the molecule is Nc1ccc(F)c(F)c1Nc1cccc(Cl)c1Br. The zero-order valence-electron chi connectivity index (χ0n) is 8.98. The number of anilines is 3. The van der Waals surface area contributed by atoms with Crippen molar-refractivity contribution >= 4 is 44.6 Å². The van der Waals surface area contributed by atoms with E-state index in [0.717, 1.165) is 6.07 Å². The molecule has 0 atom stereocenters. The molecule has 0 aliphatic carbocycles. The minimum atomic E-state index is -1.03. The highest BCUT2D eigenvalue weighted by Crippen LogP contribution is 2.35. The lowest BCUT2D eigenvalue weighted by atomic mass is 10.2. The first-order valence-electron chi connectivity index (χ1n) is 4.95. The van der Waals surface area contributed by atoms with Gasteiger partial charge in [-0.2, -0.15) is 0 Å². The molecule has 6 heteroatoms. The lowest BCUT2D eigenvalue weighted by molar-refractivity contribution is 0.512. The fourth-order valence-corrected chi connectivity index (χ4v) is 1.97. The average Bonchev–Trinajstić information content (AvgIpc) is 2.35. The van der Waals surface area contributed by atoms with Crippen LogP contribution in [0.1, 0.15) is 0 Å². The number of nitrogen functional groups attached to an aromatic ring is 1. The Labute approximate surface area is 116 Å². The summed E-state index contributed by atoms with van der Waals surface area (Å²) in [5.74, 6) is -1.99. The van der Waals surface area contributed by atoms with Crippen LogP contribution in [0.3, 0.4) is 0 Å². The molecule has 0 aliphatic heterocycles. The van der Waals surface area contributed by atoms with Crippen molar-refractivity contribution in [1.29, 1.82) is 0 Å². The van der Waals surface area contributed by atoms with Gasteiger partial charge in [-0.1, -0.05) is 17.7 Å². The van der Waals surface area contributed by atoms with Gasteiger partial charge < -0.3 is 11.1 Å². The second-order valence-corrected chi connectivity index (χ2v) is 4.75. The average molecular weight is 334 g/mol. The number of nitrogens with two attached hydrogens (primary N) is 1. The molecular formula is C12H8BrClF2N2. The molecule has 2 aromatic rings. The third kappa shape index (κ3) is 2.42. The molecule has 0 amide bonds. The number of nitrogens with one attached hydrogen (secondary N) is 1. The molecule has 0 radical (unpaired) electrons. The first-order valence-corrected chi connectivity index (χ1v) is 6.12. The Hall–Kier alpha value is -1.33. The minimum Gasteiger partial charge on any atom is -0.397 e. The van der Waals surface area contributed by atoms with E-state index in [1.54, 1.807) is 18.2 Å². The highest BCUT2D eigenvalue weighted by molar-refractivity contribution is 9.10. The summed E-state index contributed by atoms with van der Waals surface area (Å²) in [4.78, 5) is 0. The van der Waals surface area contributed by atoms with Crippen LogP contribution in [0.4, 0.5) is 25.8 Å². The van der Waals surface area contributed by atoms with Crippen LogP contribution >= 0.6 is 27.5 Å². The van der Waals surface area contributed by atoms with Gasteiger partial charge in [-0.15, -0.1) is 0 Å². The maximum absolute atomic E-state index is 13.6. The maximum atomic E-state index is 13.6. The van der Waals surface area contributed by atoms with E-state index in [4.69, 9.17) is 17.3 Å². The standard InChI is InChI=1S/C12H8BrClF2N2/c13-10-6(14)2-1-3-9(10)18-12-8(17)5-4-7(15)11(12)16/h1-5,18H,17H2. The number of hydrogen-bond donors (Lipinski definition) is 2. The summed E-state index contributed by atoms with van der Waals surface area (Å²) in [6, 6.07) is 7.28. The summed E-state index contributed by atoms with van der Waals surface area (Å²) in [5, 5.41) is 3.17. The number of halogens is 4. The first kappa shape index (κ1) is 13.1. The predicted octanol–water partition coefficient (Wildman–Crippen LogP) is 4.71. The second kappa shape index (κ2) is 5.12. The molecule has 0 spiro atoms. The monoisotopic (exact) mass is 332 g/mol. The van der Waals surface area contributed by atoms with Gasteiger partial charge in [-0.05, 0) is 40.2 Å². The zero-order chi connectivity index (χ0) is 13.3. The molecule has 2 aromatic carbocycles. The van der Waals surface area contributed by atoms with Gasteiger partial charge in [-0.25, -0.2) is 8.78 Å². The summed E-state index contributed by atoms with van der Waals surface area (Å²) in [6.45, 7) is 0. The molecule has 0 heterocycles. The highest BCUT2D eigenvalue weighted by Gasteiger charge is 2.13. The van der Waals surface area contributed by atoms with Crippen LogP contribution < -0.4 is 11.1 Å². The number of benzene rings is 2. The van der Waals surface area contributed by atoms with Gasteiger partial charge in [0.15, 0.2) is 11.6 Å². The summed E-state index contributed by atoms with van der Waals surface area (Å²) >= 11 is 9.16. The van der Waals surface area contributed by atoms with E-state index in [9.17, 15) is 8.78 Å². The van der Waals surface area contributed by atoms with Crippen LogP contribution in [-0.2, 0) is 0 Å². The molecule has 94 valence electrons. The quantitative estimate of drug-likeness (QED) is 0.781. The molecular weight excluding hydrogens is 325 g/mol. The van der Waals surface area contributed by atoms with E-state index in [0.29, 0.717) is 15.2 Å². The molecule has 0 saturated heterocycles. The molecule has 0 aromatic heterocycles. The summed E-state index contributed by atoms with van der Waals surface area (Å²) in [5.41, 5.74) is 6.11. The zero-order valence-corrected chi connectivity index (χ0v) is 11.3. The summed E-state index contributed by atoms with van der Waals surface area (Å²) in [7, 11) is 0. The van der Waals surface area contributed by atoms with Crippen molar-refractivity contribution in [1.82, 2.24) is 0 Å². The smallest absolute Gasteiger partial charge is 0.184 e. The minimum absolute atomic E-state index is 0.112. The third-order valence-corrected chi connectivity index (χ3v) is 3.74. The Balaban J connectivity index is 2.46. The Kier molecular flexibility index (Phi) is 3.73. The van der Waals surface area contributed by atoms with Gasteiger partial charge in [0, 0.05) is 0 Å². The molecule has 2 nitrogen and oxygen atoms in total. The van der Waals surface area contributed by atoms with Gasteiger partial charge in [0.2, 0.25) is 0 Å². The maximum Gasteiger partial charge on any atom is 0.184 e. The van der Waals surface area contributed by atoms with Crippen molar-refractivity contribution in [3.05, 3.63) is 51.5 Å². The van der Waals surface area contributed by atoms with Crippen molar-refractivity contribution in [2.75, 3.05) is 11.1 Å². The van der Waals surface area contributed by atoms with E-state index in [1.165, 1.54) is 6.07 Å². The van der Waals surface area contributed by atoms with Crippen LogP contribution in [0.2, 0.25) is 5.02 Å². The van der Waals surface area contributed by atoms with Gasteiger partial charge in [0.25, 0.3) is 0 Å². The molecule has 0 saturated carbocycles. The van der Waals surface area contributed by atoms with Crippen molar-refractivity contribution in [2.24, 2.45) is 0 Å². The fourth-order valence-electron chi connectivity index (χ4n) is 1.43. The Morgan fingerprint density at radius 1 is 1.17 bits per heavy atom. The van der Waals surface area contributed by atoms with Gasteiger partial charge in [0.05, 0.1) is 20.9 Å². The third-order valence-electron chi connectivity index (χ3n) is 2.34. The Bertz CT molecular complexity index is 605. The second-order valence-electron chi connectivity index (χ2n) is 3.55. The molecule has 0 aliphatic rings. The topological polar surface area (TPSA) is 38.0 Å². The molecule has 3 N–H and O–H groups in total. The van der Waals surface area contributed by atoms with Gasteiger partial charge in [-0.3, -0.25) is 0 Å². The van der Waals surface area contributed by atoms with Crippen molar-refractivity contribution < 1.29 is 8.78 Å². The van der Waals surface area contributed by atoms with Crippen LogP contribution in [0, 0.1) is 11.6 Å². The van der Waals surface area contributed by atoms with E-state index >= 15 is 0 Å². The summed E-state index contributed by atoms with van der Waals surface area (Å²) in [6.07, 6.45) is 0. The van der Waals surface area contributed by atoms with Crippen LogP contribution in [0.5, 0.6) is 0 Å². The van der Waals surface area contributed by atoms with Crippen LogP contribution in [0.15, 0.2) is 34.8 Å². The predicted molar refractivity (Wildman–Crippen MR) is 73.2 cm³/mol. The number of hydrogen-bond acceptors (Lipinski definition) is 2. The Morgan fingerprint density at radius 3 is 2.61 bits per heavy atom. The van der Waals surface area contributed by atoms with Crippen molar-refractivity contribution in [2.45, 2.75) is 0 Å². The molecule has 2 rings (SSSR count). The van der Waals surface area contributed by atoms with Crippen molar-refractivity contribution in [3.63, 3.8) is 0 Å². The lowest BCUT2D eigenvalue weighted by Crippen LogP contribution is -2.02. The summed E-state index contributed by atoms with van der Waals surface area (Å²) < 4.78 is 27.3. The number of rotatable bonds is 2. The highest BCUT2D eigenvalue weighted by atomic mass is 79.9. The normalized spacial score (nSPS) is 10.4. The largest absolute Gasteiger partial charge is 0.397 e. The van der Waals surface area contributed by atoms with Crippen molar-refractivity contribution in [3.8, 4) is 0 Å². The lowest BCUT2D eigenvalue weighted by Gasteiger charge is -2.12. The molecule has 0 unspecified atom stereocenters. The van der Waals surface area contributed by atoms with Gasteiger partial charge in [0.1, 0.15) is 5.69 Å². The molecule has 0 bridgehead atoms. The molecule has 18 heavy (non-hydrogen) atoms. The van der Waals surface area contributed by atoms with E-state index in [-0.39, 0.29) is 11.4 Å². The fraction of sp³-hybridized carbons (Fsp3) is 0. The van der Waals surface area contributed by atoms with E-state index in [2.05, 4.69) is 21.2 Å². The molecule has 0 fully saturated rings. The Morgan fingerprint density at radius 2 is 1.89 bits per heavy atom. The van der Waals surface area contributed by atoms with E-state index in [1.807, 2.05) is 0 Å². The van der Waals surface area contributed by atoms with Gasteiger partial charge >= 0.3 is 0 Å².